The molecule has 1 heterocycles. The summed E-state index contributed by atoms with van der Waals surface area (Å²) in [4.78, 5) is 23.7. The summed E-state index contributed by atoms with van der Waals surface area (Å²) in [5.74, 6) is -0.563. The highest BCUT2D eigenvalue weighted by Crippen LogP contribution is 2.32. The number of nitrogens with zero attached hydrogens (tertiary/aromatic N) is 6. The van der Waals surface area contributed by atoms with Crippen LogP contribution in [0.15, 0.2) is 34.5 Å². The van der Waals surface area contributed by atoms with E-state index in [4.69, 9.17) is 16.7 Å². The van der Waals surface area contributed by atoms with Crippen LogP contribution in [0.3, 0.4) is 0 Å². The van der Waals surface area contributed by atoms with Crippen LogP contribution in [0.5, 0.6) is 0 Å². The molecule has 24 heavy (non-hydrogen) atoms. The van der Waals surface area contributed by atoms with Gasteiger partial charge in [-0.25, -0.2) is 4.98 Å². The van der Waals surface area contributed by atoms with Gasteiger partial charge in [-0.1, -0.05) is 0 Å². The van der Waals surface area contributed by atoms with Crippen molar-refractivity contribution in [2.45, 2.75) is 0 Å². The third-order valence-electron chi connectivity index (χ3n) is 2.81. The topological polar surface area (TPSA) is 200 Å². The van der Waals surface area contributed by atoms with Crippen LogP contribution in [0.2, 0.25) is 0 Å². The van der Waals surface area contributed by atoms with Gasteiger partial charge < -0.3 is 11.5 Å². The molecule has 120 valence electrons. The number of nitrogens with two attached hydrogens (primary N) is 2. The fourth-order valence-corrected chi connectivity index (χ4v) is 1.67. The highest BCUT2D eigenvalue weighted by molar-refractivity contribution is 5.69. The minimum atomic E-state index is -0.757. The maximum absolute atomic E-state index is 10.8. The normalized spacial score (nSPS) is 10.5. The van der Waals surface area contributed by atoms with Gasteiger partial charge in [-0.2, -0.15) is 5.26 Å². The number of anilines is 2. The van der Waals surface area contributed by atoms with Crippen molar-refractivity contribution in [3.8, 4) is 6.07 Å². The molecule has 4 N–H and O–H groups in total. The van der Waals surface area contributed by atoms with Crippen LogP contribution in [-0.4, -0.2) is 14.8 Å². The molecule has 0 unspecified atom stereocenters. The van der Waals surface area contributed by atoms with Crippen LogP contribution in [0, 0.1) is 31.6 Å². The number of pyridine rings is 1. The van der Waals surface area contributed by atoms with E-state index in [1.54, 1.807) is 6.07 Å². The Morgan fingerprint density at radius 1 is 1.04 bits per heavy atom. The number of benzene rings is 1. The summed E-state index contributed by atoms with van der Waals surface area (Å²) in [6.45, 7) is 0. The number of non-ortho nitro benzene ring substituents is 1. The van der Waals surface area contributed by atoms with Gasteiger partial charge >= 0.3 is 5.69 Å². The van der Waals surface area contributed by atoms with Gasteiger partial charge in [0, 0.05) is 12.1 Å². The zero-order chi connectivity index (χ0) is 17.9. The van der Waals surface area contributed by atoms with Crippen LogP contribution in [0.1, 0.15) is 5.56 Å². The SMILES string of the molecule is N#Cc1cc([N+](=O)[O-])ccc1N=Nc1cc([N+](=O)[O-])c(N)nc1N. The first-order chi connectivity index (χ1) is 11.3. The predicted molar refractivity (Wildman–Crippen MR) is 81.7 cm³/mol. The van der Waals surface area contributed by atoms with Crippen molar-refractivity contribution in [2.75, 3.05) is 11.5 Å². The van der Waals surface area contributed by atoms with E-state index in [-0.39, 0.29) is 34.3 Å². The average Bonchev–Trinajstić information content (AvgIpc) is 2.53. The highest BCUT2D eigenvalue weighted by atomic mass is 16.6. The number of hydrogen-bond donors (Lipinski definition) is 2. The highest BCUT2D eigenvalue weighted by Gasteiger charge is 2.17. The van der Waals surface area contributed by atoms with Crippen molar-refractivity contribution in [3.05, 3.63) is 50.1 Å². The number of rotatable bonds is 4. The molecule has 0 bridgehead atoms. The van der Waals surface area contributed by atoms with E-state index >= 15 is 0 Å². The number of azo groups is 1. The van der Waals surface area contributed by atoms with Gasteiger partial charge in [0.25, 0.3) is 5.69 Å². The van der Waals surface area contributed by atoms with Crippen LogP contribution < -0.4 is 11.5 Å². The van der Waals surface area contributed by atoms with E-state index in [1.807, 2.05) is 0 Å². The molecule has 0 amide bonds. The van der Waals surface area contributed by atoms with Gasteiger partial charge in [0.05, 0.1) is 21.5 Å². The molecular formula is C12H8N8O4. The summed E-state index contributed by atoms with van der Waals surface area (Å²) in [5.41, 5.74) is 9.97. The lowest BCUT2D eigenvalue weighted by Crippen LogP contribution is -2.01. The number of nitro benzene ring substituents is 1. The lowest BCUT2D eigenvalue weighted by Gasteiger charge is -2.01. The fourth-order valence-electron chi connectivity index (χ4n) is 1.67. The molecular weight excluding hydrogens is 320 g/mol. The zero-order valence-corrected chi connectivity index (χ0v) is 11.8. The lowest BCUT2D eigenvalue weighted by molar-refractivity contribution is -0.384. The third-order valence-corrected chi connectivity index (χ3v) is 2.81. The van der Waals surface area contributed by atoms with Gasteiger partial charge in [0.2, 0.25) is 5.82 Å². The summed E-state index contributed by atoms with van der Waals surface area (Å²) in [6, 6.07) is 6.12. The minimum absolute atomic E-state index is 0.0296. The summed E-state index contributed by atoms with van der Waals surface area (Å²) in [5, 5.41) is 38.0. The van der Waals surface area contributed by atoms with E-state index in [2.05, 4.69) is 15.2 Å². The summed E-state index contributed by atoms with van der Waals surface area (Å²) >= 11 is 0. The van der Waals surface area contributed by atoms with Gasteiger partial charge in [0.1, 0.15) is 17.4 Å². The molecule has 0 aliphatic carbocycles. The van der Waals surface area contributed by atoms with Crippen LogP contribution in [0.25, 0.3) is 0 Å². The number of nitro groups is 2. The van der Waals surface area contributed by atoms with Crippen molar-refractivity contribution < 1.29 is 9.85 Å². The molecule has 0 aliphatic heterocycles. The van der Waals surface area contributed by atoms with E-state index < -0.39 is 15.5 Å². The number of aromatic nitrogens is 1. The number of nitriles is 1. The second kappa shape index (κ2) is 6.32. The van der Waals surface area contributed by atoms with Crippen molar-refractivity contribution in [1.82, 2.24) is 4.98 Å². The summed E-state index contributed by atoms with van der Waals surface area (Å²) in [6.07, 6.45) is 0. The molecule has 12 heteroatoms. The number of nitrogen functional groups attached to an aromatic ring is 2. The summed E-state index contributed by atoms with van der Waals surface area (Å²) < 4.78 is 0. The second-order valence-corrected chi connectivity index (χ2v) is 4.32. The molecule has 1 aromatic carbocycles. The van der Waals surface area contributed by atoms with E-state index in [9.17, 15) is 20.2 Å². The lowest BCUT2D eigenvalue weighted by atomic mass is 10.2. The predicted octanol–water partition coefficient (Wildman–Crippen LogP) is 2.35. The Balaban J connectivity index is 2.45. The molecule has 0 saturated carbocycles. The smallest absolute Gasteiger partial charge is 0.313 e. The molecule has 2 rings (SSSR count). The molecule has 1 aromatic heterocycles. The van der Waals surface area contributed by atoms with Gasteiger partial charge in [-0.3, -0.25) is 20.2 Å². The molecule has 0 fully saturated rings. The Kier molecular flexibility index (Phi) is 4.27. The minimum Gasteiger partial charge on any atom is -0.382 e. The Labute approximate surface area is 133 Å². The summed E-state index contributed by atoms with van der Waals surface area (Å²) in [7, 11) is 0. The van der Waals surface area contributed by atoms with E-state index in [0.717, 1.165) is 18.2 Å². The third kappa shape index (κ3) is 3.20. The van der Waals surface area contributed by atoms with Gasteiger partial charge in [-0.15, -0.1) is 10.2 Å². The Hall–Kier alpha value is -4.14. The van der Waals surface area contributed by atoms with Crippen LogP contribution in [-0.2, 0) is 0 Å². The maximum atomic E-state index is 10.8. The van der Waals surface area contributed by atoms with Gasteiger partial charge in [0.15, 0.2) is 5.82 Å². The standard InChI is InChI=1S/C12H8N8O4/c13-5-6-3-7(19(21)22)1-2-8(6)17-18-9-4-10(20(23)24)12(15)16-11(9)14/h1-4H,(H4,14,15,16). The monoisotopic (exact) mass is 328 g/mol. The fraction of sp³-hybridized carbons (Fsp3) is 0. The molecule has 0 aliphatic rings. The van der Waals surface area contributed by atoms with Crippen LogP contribution in [0.4, 0.5) is 34.4 Å². The Morgan fingerprint density at radius 2 is 1.71 bits per heavy atom. The first-order valence-electron chi connectivity index (χ1n) is 6.14. The molecule has 0 atom stereocenters. The Bertz CT molecular complexity index is 918. The van der Waals surface area contributed by atoms with Crippen molar-refractivity contribution >= 4 is 34.4 Å². The Morgan fingerprint density at radius 3 is 2.29 bits per heavy atom. The first kappa shape index (κ1) is 16.2. The molecule has 12 nitrogen and oxygen atoms in total. The van der Waals surface area contributed by atoms with E-state index in [0.29, 0.717) is 0 Å². The van der Waals surface area contributed by atoms with Crippen LogP contribution >= 0.6 is 0 Å². The number of hydrogen-bond acceptors (Lipinski definition) is 10. The van der Waals surface area contributed by atoms with Gasteiger partial charge in [-0.05, 0) is 6.07 Å². The maximum Gasteiger partial charge on any atom is 0.313 e. The largest absolute Gasteiger partial charge is 0.382 e. The van der Waals surface area contributed by atoms with E-state index in [1.165, 1.54) is 6.07 Å². The van der Waals surface area contributed by atoms with Crippen molar-refractivity contribution in [3.63, 3.8) is 0 Å². The van der Waals surface area contributed by atoms with Crippen molar-refractivity contribution in [2.24, 2.45) is 10.2 Å². The second-order valence-electron chi connectivity index (χ2n) is 4.32. The molecule has 0 saturated heterocycles. The van der Waals surface area contributed by atoms with Crippen molar-refractivity contribution in [1.29, 1.82) is 5.26 Å². The molecule has 0 spiro atoms. The quantitative estimate of drug-likeness (QED) is 0.483. The molecule has 2 aromatic rings. The molecule has 0 radical (unpaired) electrons. The zero-order valence-electron chi connectivity index (χ0n) is 11.8. The first-order valence-corrected chi connectivity index (χ1v) is 6.14. The average molecular weight is 328 g/mol.